The molecule has 2 aromatic rings. The van der Waals surface area contributed by atoms with Crippen LogP contribution in [0.1, 0.15) is 56.3 Å². The Morgan fingerprint density at radius 1 is 1.13 bits per heavy atom. The van der Waals surface area contributed by atoms with Crippen LogP contribution in [-0.2, 0) is 9.47 Å². The molecule has 1 aliphatic heterocycles. The van der Waals surface area contributed by atoms with Crippen molar-refractivity contribution in [3.8, 4) is 5.75 Å². The maximum absolute atomic E-state index is 12.5. The van der Waals surface area contributed by atoms with Gasteiger partial charge in [0.1, 0.15) is 17.0 Å². The van der Waals surface area contributed by atoms with Crippen LogP contribution in [0, 0.1) is 0 Å². The van der Waals surface area contributed by atoms with Gasteiger partial charge >= 0.3 is 12.1 Å². The minimum absolute atomic E-state index is 0.326. The van der Waals surface area contributed by atoms with Crippen molar-refractivity contribution in [2.45, 2.75) is 45.9 Å². The van der Waals surface area contributed by atoms with Gasteiger partial charge in [-0.3, -0.25) is 0 Å². The molecule has 1 unspecified atom stereocenters. The lowest BCUT2D eigenvalue weighted by Gasteiger charge is -2.28. The number of carbonyl (C=O) groups is 2. The molecule has 0 radical (unpaired) electrons. The molecule has 0 fully saturated rings. The maximum atomic E-state index is 12.5. The molecule has 9 heteroatoms. The number of amides is 1. The van der Waals surface area contributed by atoms with E-state index in [1.54, 1.807) is 57.2 Å². The van der Waals surface area contributed by atoms with Gasteiger partial charge < -0.3 is 14.2 Å². The van der Waals surface area contributed by atoms with Crippen molar-refractivity contribution in [3.05, 3.63) is 57.6 Å². The Kier molecular flexibility index (Phi) is 6.86. The van der Waals surface area contributed by atoms with Crippen molar-refractivity contribution in [1.82, 2.24) is 5.43 Å². The lowest BCUT2D eigenvalue weighted by molar-refractivity contribution is 0.0491. The van der Waals surface area contributed by atoms with E-state index in [0.717, 1.165) is 6.42 Å². The zero-order valence-electron chi connectivity index (χ0n) is 17.7. The van der Waals surface area contributed by atoms with Crippen LogP contribution in [-0.4, -0.2) is 24.3 Å². The zero-order valence-corrected chi connectivity index (χ0v) is 19.2. The third kappa shape index (κ3) is 5.74. The fourth-order valence-corrected chi connectivity index (χ4v) is 3.51. The van der Waals surface area contributed by atoms with E-state index in [4.69, 9.17) is 37.4 Å². The van der Waals surface area contributed by atoms with E-state index in [1.807, 2.05) is 6.92 Å². The molecule has 1 amide bonds. The first-order valence-corrected chi connectivity index (χ1v) is 10.6. The molecule has 0 spiro atoms. The standard InChI is InChI=1S/C22H24Cl2N2O5/c1-5-8-29-20(27)13-6-7-17-18(11-13)30-19(14-9-15(23)12-16(24)10-14)26(17)25-21(28)31-22(2,3)4/h6-7,9-12,19H,5,8H2,1-4H3,(H,25,28). The van der Waals surface area contributed by atoms with Gasteiger partial charge in [0.05, 0.1) is 12.2 Å². The highest BCUT2D eigenvalue weighted by Gasteiger charge is 2.35. The molecule has 7 nitrogen and oxygen atoms in total. The summed E-state index contributed by atoms with van der Waals surface area (Å²) >= 11 is 12.3. The number of nitrogens with one attached hydrogen (secondary N) is 1. The highest BCUT2D eigenvalue weighted by molar-refractivity contribution is 6.34. The quantitative estimate of drug-likeness (QED) is 0.552. The smallest absolute Gasteiger partial charge is 0.426 e. The van der Waals surface area contributed by atoms with Crippen molar-refractivity contribution in [3.63, 3.8) is 0 Å². The van der Waals surface area contributed by atoms with Crippen molar-refractivity contribution < 1.29 is 23.8 Å². The van der Waals surface area contributed by atoms with Crippen LogP contribution in [0.4, 0.5) is 10.5 Å². The highest BCUT2D eigenvalue weighted by atomic mass is 35.5. The Balaban J connectivity index is 1.95. The molecule has 1 atom stereocenters. The summed E-state index contributed by atoms with van der Waals surface area (Å²) in [6.45, 7) is 7.54. The second kappa shape index (κ2) is 9.24. The Bertz CT molecular complexity index is 970. The lowest BCUT2D eigenvalue weighted by atomic mass is 10.2. The van der Waals surface area contributed by atoms with Gasteiger partial charge in [0.25, 0.3) is 0 Å². The summed E-state index contributed by atoms with van der Waals surface area (Å²) in [4.78, 5) is 24.7. The van der Waals surface area contributed by atoms with Gasteiger partial charge in [-0.25, -0.2) is 20.0 Å². The summed E-state index contributed by atoms with van der Waals surface area (Å²) in [6, 6.07) is 9.82. The first-order valence-electron chi connectivity index (χ1n) is 9.80. The summed E-state index contributed by atoms with van der Waals surface area (Å²) in [5.41, 5.74) is 3.52. The van der Waals surface area contributed by atoms with E-state index >= 15 is 0 Å². The predicted molar refractivity (Wildman–Crippen MR) is 119 cm³/mol. The number of rotatable bonds is 5. The molecular weight excluding hydrogens is 443 g/mol. The minimum atomic E-state index is -0.777. The van der Waals surface area contributed by atoms with Crippen molar-refractivity contribution in [2.24, 2.45) is 0 Å². The zero-order chi connectivity index (χ0) is 22.8. The molecule has 0 bridgehead atoms. The first kappa shape index (κ1) is 23.0. The van der Waals surface area contributed by atoms with Crippen LogP contribution in [0.5, 0.6) is 5.75 Å². The predicted octanol–water partition coefficient (Wildman–Crippen LogP) is 5.90. The SMILES string of the molecule is CCCOC(=O)c1ccc2c(c1)OC(c1cc(Cl)cc(Cl)c1)N2NC(=O)OC(C)(C)C. The number of ether oxygens (including phenoxy) is 3. The number of esters is 1. The van der Waals surface area contributed by atoms with Crippen molar-refractivity contribution in [1.29, 1.82) is 0 Å². The number of nitrogens with zero attached hydrogens (tertiary/aromatic N) is 1. The normalized spacial score (nSPS) is 15.2. The second-order valence-electron chi connectivity index (χ2n) is 7.98. The molecule has 166 valence electrons. The number of fused-ring (bicyclic) bond motifs is 1. The minimum Gasteiger partial charge on any atom is -0.462 e. The molecule has 1 aliphatic rings. The number of benzene rings is 2. The van der Waals surface area contributed by atoms with Gasteiger partial charge in [0.2, 0.25) is 6.23 Å². The Labute approximate surface area is 191 Å². The third-order valence-electron chi connectivity index (χ3n) is 4.15. The van der Waals surface area contributed by atoms with E-state index in [2.05, 4.69) is 5.43 Å². The van der Waals surface area contributed by atoms with Gasteiger partial charge in [0, 0.05) is 15.6 Å². The van der Waals surface area contributed by atoms with Crippen molar-refractivity contribution >= 4 is 41.0 Å². The summed E-state index contributed by atoms with van der Waals surface area (Å²) < 4.78 is 16.6. The molecule has 31 heavy (non-hydrogen) atoms. The summed E-state index contributed by atoms with van der Waals surface area (Å²) in [6.07, 6.45) is -0.715. The number of hydrogen-bond acceptors (Lipinski definition) is 6. The topological polar surface area (TPSA) is 77.1 Å². The molecule has 1 heterocycles. The second-order valence-corrected chi connectivity index (χ2v) is 8.85. The van der Waals surface area contributed by atoms with Gasteiger partial charge in [0.15, 0.2) is 0 Å². The summed E-state index contributed by atoms with van der Waals surface area (Å²) in [5, 5.41) is 2.35. The molecule has 0 saturated carbocycles. The van der Waals surface area contributed by atoms with Crippen LogP contribution in [0.3, 0.4) is 0 Å². The number of hydrogen-bond donors (Lipinski definition) is 1. The number of anilines is 1. The molecule has 0 aliphatic carbocycles. The largest absolute Gasteiger partial charge is 0.462 e. The fourth-order valence-electron chi connectivity index (χ4n) is 2.96. The lowest BCUT2D eigenvalue weighted by Crippen LogP contribution is -2.46. The molecule has 3 rings (SSSR count). The molecule has 0 saturated heterocycles. The van der Waals surface area contributed by atoms with E-state index in [-0.39, 0.29) is 0 Å². The monoisotopic (exact) mass is 466 g/mol. The van der Waals surface area contributed by atoms with Crippen LogP contribution < -0.4 is 15.2 Å². The number of carbonyl (C=O) groups excluding carboxylic acids is 2. The average Bonchev–Trinajstić information content (AvgIpc) is 3.01. The Hall–Kier alpha value is -2.64. The van der Waals surface area contributed by atoms with Gasteiger partial charge in [-0.2, -0.15) is 0 Å². The summed E-state index contributed by atoms with van der Waals surface area (Å²) in [5.74, 6) is -0.0581. The molecular formula is C22H24Cl2N2O5. The Morgan fingerprint density at radius 2 is 1.81 bits per heavy atom. The first-order chi connectivity index (χ1) is 14.6. The third-order valence-corrected chi connectivity index (χ3v) is 4.58. The van der Waals surface area contributed by atoms with Gasteiger partial charge in [-0.05, 0) is 63.6 Å². The van der Waals surface area contributed by atoms with Gasteiger partial charge in [-0.15, -0.1) is 0 Å². The van der Waals surface area contributed by atoms with Crippen LogP contribution in [0.15, 0.2) is 36.4 Å². The van der Waals surface area contributed by atoms with E-state index < -0.39 is 23.9 Å². The molecule has 2 aromatic carbocycles. The van der Waals surface area contributed by atoms with Crippen molar-refractivity contribution in [2.75, 3.05) is 11.6 Å². The van der Waals surface area contributed by atoms with Gasteiger partial charge in [-0.1, -0.05) is 30.1 Å². The highest BCUT2D eigenvalue weighted by Crippen LogP contribution is 2.43. The van der Waals surface area contributed by atoms with E-state index in [9.17, 15) is 9.59 Å². The van der Waals surface area contributed by atoms with Crippen LogP contribution in [0.25, 0.3) is 0 Å². The summed E-state index contributed by atoms with van der Waals surface area (Å²) in [7, 11) is 0. The number of hydrazine groups is 1. The average molecular weight is 467 g/mol. The Morgan fingerprint density at radius 3 is 2.42 bits per heavy atom. The van der Waals surface area contributed by atoms with Crippen LogP contribution >= 0.6 is 23.2 Å². The molecule has 0 aromatic heterocycles. The van der Waals surface area contributed by atoms with E-state index in [1.165, 1.54) is 5.01 Å². The fraction of sp³-hybridized carbons (Fsp3) is 0.364. The van der Waals surface area contributed by atoms with E-state index in [0.29, 0.717) is 39.2 Å². The van der Waals surface area contributed by atoms with Crippen LogP contribution in [0.2, 0.25) is 10.0 Å². The molecule has 1 N–H and O–H groups in total. The number of halogens is 2. The maximum Gasteiger partial charge on any atom is 0.426 e.